The molecular formula is C24H27ClN4O2. The Labute approximate surface area is 187 Å². The van der Waals surface area contributed by atoms with Crippen LogP contribution in [-0.2, 0) is 16.0 Å². The van der Waals surface area contributed by atoms with Crippen LogP contribution in [0.15, 0.2) is 47.7 Å². The van der Waals surface area contributed by atoms with E-state index in [4.69, 9.17) is 16.6 Å². The highest BCUT2D eigenvalue weighted by atomic mass is 35.5. The molecule has 31 heavy (non-hydrogen) atoms. The number of hydrogen-bond acceptors (Lipinski definition) is 4. The molecule has 1 atom stereocenters. The van der Waals surface area contributed by atoms with Crippen LogP contribution in [-0.4, -0.2) is 40.5 Å². The number of amides is 2. The number of rotatable bonds is 6. The largest absolute Gasteiger partial charge is 0.343 e. The van der Waals surface area contributed by atoms with E-state index in [1.807, 2.05) is 36.2 Å². The van der Waals surface area contributed by atoms with E-state index in [0.717, 1.165) is 54.3 Å². The summed E-state index contributed by atoms with van der Waals surface area (Å²) in [7, 11) is 0. The van der Waals surface area contributed by atoms with Gasteiger partial charge in [0.2, 0.25) is 11.8 Å². The Morgan fingerprint density at radius 1 is 1.19 bits per heavy atom. The van der Waals surface area contributed by atoms with E-state index in [1.165, 1.54) is 5.56 Å². The van der Waals surface area contributed by atoms with Crippen molar-refractivity contribution >= 4 is 29.1 Å². The minimum absolute atomic E-state index is 0.103. The predicted octanol–water partition coefficient (Wildman–Crippen LogP) is 3.93. The molecule has 2 aromatic rings. The number of pyridine rings is 1. The Kier molecular flexibility index (Phi) is 6.66. The summed E-state index contributed by atoms with van der Waals surface area (Å²) in [6, 6.07) is 12.1. The number of halogens is 1. The average Bonchev–Trinajstić information content (AvgIpc) is 3.10. The first kappa shape index (κ1) is 21.5. The second-order valence-electron chi connectivity index (χ2n) is 8.37. The maximum Gasteiger partial charge on any atom is 0.248 e. The topological polar surface area (TPSA) is 74.7 Å². The third-order valence-corrected chi connectivity index (χ3v) is 6.46. The number of hydrogen-bond donors (Lipinski definition) is 1. The molecule has 2 amide bonds. The van der Waals surface area contributed by atoms with Crippen LogP contribution in [0.3, 0.4) is 0 Å². The van der Waals surface area contributed by atoms with Gasteiger partial charge in [-0.05, 0) is 61.9 Å². The Hall–Kier alpha value is -2.73. The summed E-state index contributed by atoms with van der Waals surface area (Å²) in [6.07, 6.45) is 5.49. The zero-order valence-corrected chi connectivity index (χ0v) is 18.4. The molecule has 2 aliphatic rings. The lowest BCUT2D eigenvalue weighted by Gasteiger charge is -2.32. The number of hydrazone groups is 1. The van der Waals surface area contributed by atoms with Crippen molar-refractivity contribution in [3.63, 3.8) is 0 Å². The predicted molar refractivity (Wildman–Crippen MR) is 121 cm³/mol. The number of carbonyl (C=O) groups excluding carboxylic acids is 2. The van der Waals surface area contributed by atoms with Crippen LogP contribution in [0, 0.1) is 5.92 Å². The number of nitrogens with zero attached hydrogens (tertiary/aromatic N) is 3. The van der Waals surface area contributed by atoms with E-state index in [9.17, 15) is 9.59 Å². The zero-order valence-electron chi connectivity index (χ0n) is 17.7. The van der Waals surface area contributed by atoms with Crippen molar-refractivity contribution in [1.82, 2.24) is 15.3 Å². The van der Waals surface area contributed by atoms with Gasteiger partial charge >= 0.3 is 0 Å². The average molecular weight is 439 g/mol. The minimum Gasteiger partial charge on any atom is -0.343 e. The maximum absolute atomic E-state index is 12.6. The molecule has 0 saturated carbocycles. The SMILES string of the molecule is CC1=NNC(=O)C1CCC(=O)N1CCC(c2ccc(Cc3cccc(Cl)c3)cn2)CC1. The third-order valence-electron chi connectivity index (χ3n) is 6.22. The highest BCUT2D eigenvalue weighted by Crippen LogP contribution is 2.28. The lowest BCUT2D eigenvalue weighted by atomic mass is 9.92. The normalized spacial score (nSPS) is 19.3. The Morgan fingerprint density at radius 2 is 2.00 bits per heavy atom. The van der Waals surface area contributed by atoms with Gasteiger partial charge in [-0.15, -0.1) is 0 Å². The fourth-order valence-electron chi connectivity index (χ4n) is 4.34. The molecule has 4 rings (SSSR count). The number of aromatic nitrogens is 1. The van der Waals surface area contributed by atoms with E-state index in [-0.39, 0.29) is 17.7 Å². The summed E-state index contributed by atoms with van der Waals surface area (Å²) in [5.41, 5.74) is 6.67. The molecule has 1 saturated heterocycles. The lowest BCUT2D eigenvalue weighted by Crippen LogP contribution is -2.38. The van der Waals surface area contributed by atoms with Crippen molar-refractivity contribution in [2.24, 2.45) is 11.0 Å². The number of nitrogens with one attached hydrogen (secondary N) is 1. The Balaban J connectivity index is 1.26. The van der Waals surface area contributed by atoms with Gasteiger partial charge < -0.3 is 4.90 Å². The first-order valence-electron chi connectivity index (χ1n) is 10.8. The van der Waals surface area contributed by atoms with Crippen molar-refractivity contribution in [2.45, 2.75) is 44.9 Å². The molecule has 0 bridgehead atoms. The monoisotopic (exact) mass is 438 g/mol. The fraction of sp³-hybridized carbons (Fsp3) is 0.417. The highest BCUT2D eigenvalue weighted by molar-refractivity contribution is 6.30. The molecule has 1 aromatic heterocycles. The maximum atomic E-state index is 12.6. The van der Waals surface area contributed by atoms with Crippen molar-refractivity contribution in [3.8, 4) is 0 Å². The van der Waals surface area contributed by atoms with Gasteiger partial charge in [0.05, 0.1) is 5.92 Å². The fourth-order valence-corrected chi connectivity index (χ4v) is 4.56. The first-order chi connectivity index (χ1) is 15.0. The van der Waals surface area contributed by atoms with Gasteiger partial charge in [-0.3, -0.25) is 14.6 Å². The molecule has 3 heterocycles. The van der Waals surface area contributed by atoms with Crippen molar-refractivity contribution in [1.29, 1.82) is 0 Å². The standard InChI is InChI=1S/C24H27ClN4O2/c1-16-21(24(31)28-27-16)6-8-23(30)29-11-9-19(10-12-29)22-7-5-18(15-26-22)13-17-3-2-4-20(25)14-17/h2-5,7,14-15,19,21H,6,8-13H2,1H3,(H,28,31). The molecule has 1 unspecified atom stereocenters. The van der Waals surface area contributed by atoms with Crippen molar-refractivity contribution in [2.75, 3.05) is 13.1 Å². The number of benzene rings is 1. The van der Waals surface area contributed by atoms with Crippen LogP contribution in [0.25, 0.3) is 0 Å². The molecule has 0 aliphatic carbocycles. The molecular weight excluding hydrogens is 412 g/mol. The Morgan fingerprint density at radius 3 is 2.65 bits per heavy atom. The molecule has 0 radical (unpaired) electrons. The summed E-state index contributed by atoms with van der Waals surface area (Å²) < 4.78 is 0. The first-order valence-corrected chi connectivity index (χ1v) is 11.2. The number of likely N-dealkylation sites (tertiary alicyclic amines) is 1. The zero-order chi connectivity index (χ0) is 21.8. The molecule has 6 nitrogen and oxygen atoms in total. The number of piperidine rings is 1. The van der Waals surface area contributed by atoms with Gasteiger partial charge in [-0.1, -0.05) is 29.8 Å². The van der Waals surface area contributed by atoms with Gasteiger partial charge in [0.25, 0.3) is 0 Å². The van der Waals surface area contributed by atoms with Crippen LogP contribution < -0.4 is 5.43 Å². The molecule has 1 aromatic carbocycles. The summed E-state index contributed by atoms with van der Waals surface area (Å²) >= 11 is 6.07. The van der Waals surface area contributed by atoms with Gasteiger partial charge in [0.1, 0.15) is 0 Å². The lowest BCUT2D eigenvalue weighted by molar-refractivity contribution is -0.132. The van der Waals surface area contributed by atoms with Crippen molar-refractivity contribution in [3.05, 3.63) is 64.4 Å². The van der Waals surface area contributed by atoms with Crippen LogP contribution in [0.2, 0.25) is 5.02 Å². The van der Waals surface area contributed by atoms with Gasteiger partial charge in [-0.2, -0.15) is 5.10 Å². The summed E-state index contributed by atoms with van der Waals surface area (Å²) in [5.74, 6) is 0.125. The highest BCUT2D eigenvalue weighted by Gasteiger charge is 2.29. The summed E-state index contributed by atoms with van der Waals surface area (Å²) in [5, 5.41) is 4.69. The van der Waals surface area contributed by atoms with Crippen LogP contribution in [0.5, 0.6) is 0 Å². The molecule has 2 aliphatic heterocycles. The summed E-state index contributed by atoms with van der Waals surface area (Å²) in [6.45, 7) is 3.30. The second-order valence-corrected chi connectivity index (χ2v) is 8.81. The van der Waals surface area contributed by atoms with Gasteiger partial charge in [0, 0.05) is 48.1 Å². The molecule has 162 valence electrons. The van der Waals surface area contributed by atoms with Crippen LogP contribution in [0.1, 0.15) is 55.3 Å². The smallest absolute Gasteiger partial charge is 0.248 e. The third kappa shape index (κ3) is 5.31. The molecule has 1 N–H and O–H groups in total. The van der Waals surface area contributed by atoms with Crippen molar-refractivity contribution < 1.29 is 9.59 Å². The van der Waals surface area contributed by atoms with Crippen LogP contribution in [0.4, 0.5) is 0 Å². The van der Waals surface area contributed by atoms with Gasteiger partial charge in [0.15, 0.2) is 0 Å². The van der Waals surface area contributed by atoms with Crippen LogP contribution >= 0.6 is 11.6 Å². The minimum atomic E-state index is -0.267. The van der Waals surface area contributed by atoms with E-state index < -0.39 is 0 Å². The molecule has 1 fully saturated rings. The number of carbonyl (C=O) groups is 2. The summed E-state index contributed by atoms with van der Waals surface area (Å²) in [4.78, 5) is 31.0. The molecule has 0 spiro atoms. The quantitative estimate of drug-likeness (QED) is 0.742. The van der Waals surface area contributed by atoms with E-state index in [1.54, 1.807) is 0 Å². The van der Waals surface area contributed by atoms with E-state index in [2.05, 4.69) is 28.7 Å². The van der Waals surface area contributed by atoms with E-state index >= 15 is 0 Å². The van der Waals surface area contributed by atoms with Gasteiger partial charge in [-0.25, -0.2) is 5.43 Å². The van der Waals surface area contributed by atoms with E-state index in [0.29, 0.717) is 18.8 Å². The molecule has 7 heteroatoms. The Bertz CT molecular complexity index is 981. The second kappa shape index (κ2) is 9.60.